The van der Waals surface area contributed by atoms with Crippen molar-refractivity contribution < 1.29 is 13.2 Å². The fourth-order valence-electron chi connectivity index (χ4n) is 1.39. The SMILES string of the molecule is CC(C)n1cc(CN(C)C)c(C(F)(F)F)n1. The third-order valence-corrected chi connectivity index (χ3v) is 2.09. The van der Waals surface area contributed by atoms with Gasteiger partial charge in [-0.2, -0.15) is 18.3 Å². The van der Waals surface area contributed by atoms with E-state index < -0.39 is 11.9 Å². The van der Waals surface area contributed by atoms with Gasteiger partial charge in [-0.15, -0.1) is 0 Å². The van der Waals surface area contributed by atoms with E-state index in [-0.39, 0.29) is 18.2 Å². The molecule has 0 radical (unpaired) electrons. The molecule has 0 aromatic carbocycles. The van der Waals surface area contributed by atoms with Crippen LogP contribution in [-0.2, 0) is 12.7 Å². The first kappa shape index (κ1) is 13.0. The molecule has 0 N–H and O–H groups in total. The van der Waals surface area contributed by atoms with Crippen LogP contribution < -0.4 is 0 Å². The fourth-order valence-corrected chi connectivity index (χ4v) is 1.39. The standard InChI is InChI=1S/C10H16F3N3/c1-7(2)16-6-8(5-15(3)4)9(14-16)10(11,12)13/h6-7H,5H2,1-4H3. The fraction of sp³-hybridized carbons (Fsp3) is 0.700. The van der Waals surface area contributed by atoms with E-state index in [1.54, 1.807) is 32.8 Å². The van der Waals surface area contributed by atoms with Crippen molar-refractivity contribution in [1.82, 2.24) is 14.7 Å². The Morgan fingerprint density at radius 3 is 2.31 bits per heavy atom. The van der Waals surface area contributed by atoms with E-state index in [4.69, 9.17) is 0 Å². The molecular weight excluding hydrogens is 219 g/mol. The van der Waals surface area contributed by atoms with E-state index in [2.05, 4.69) is 5.10 Å². The maximum Gasteiger partial charge on any atom is 0.435 e. The van der Waals surface area contributed by atoms with E-state index in [1.807, 2.05) is 0 Å². The van der Waals surface area contributed by atoms with E-state index in [9.17, 15) is 13.2 Å². The molecule has 0 aliphatic carbocycles. The zero-order valence-corrected chi connectivity index (χ0v) is 9.84. The Labute approximate surface area is 92.8 Å². The predicted molar refractivity (Wildman–Crippen MR) is 55.0 cm³/mol. The molecule has 92 valence electrons. The minimum Gasteiger partial charge on any atom is -0.305 e. The van der Waals surface area contributed by atoms with Crippen molar-refractivity contribution in [3.05, 3.63) is 17.5 Å². The second-order valence-electron chi connectivity index (χ2n) is 4.31. The number of hydrogen-bond acceptors (Lipinski definition) is 2. The molecule has 0 spiro atoms. The molecule has 0 atom stereocenters. The molecule has 0 fully saturated rings. The van der Waals surface area contributed by atoms with Crippen LogP contribution in [0.4, 0.5) is 13.2 Å². The highest BCUT2D eigenvalue weighted by Gasteiger charge is 2.37. The highest BCUT2D eigenvalue weighted by Crippen LogP contribution is 2.31. The topological polar surface area (TPSA) is 21.1 Å². The first-order valence-corrected chi connectivity index (χ1v) is 5.01. The Kier molecular flexibility index (Phi) is 3.62. The van der Waals surface area contributed by atoms with Crippen molar-refractivity contribution in [2.24, 2.45) is 0 Å². The molecule has 3 nitrogen and oxygen atoms in total. The van der Waals surface area contributed by atoms with Crippen LogP contribution in [0.3, 0.4) is 0 Å². The van der Waals surface area contributed by atoms with Gasteiger partial charge in [-0.1, -0.05) is 0 Å². The Balaban J connectivity index is 3.13. The lowest BCUT2D eigenvalue weighted by Gasteiger charge is -2.10. The first-order chi connectivity index (χ1) is 7.21. The zero-order chi connectivity index (χ0) is 12.5. The maximum atomic E-state index is 12.7. The van der Waals surface area contributed by atoms with Crippen LogP contribution in [0.15, 0.2) is 6.20 Å². The molecule has 16 heavy (non-hydrogen) atoms. The molecule has 1 aromatic rings. The first-order valence-electron chi connectivity index (χ1n) is 5.01. The smallest absolute Gasteiger partial charge is 0.305 e. The average molecular weight is 235 g/mol. The second-order valence-corrected chi connectivity index (χ2v) is 4.31. The van der Waals surface area contributed by atoms with Gasteiger partial charge < -0.3 is 4.90 Å². The Morgan fingerprint density at radius 2 is 1.94 bits per heavy atom. The quantitative estimate of drug-likeness (QED) is 0.802. The van der Waals surface area contributed by atoms with Crippen LogP contribution in [0.2, 0.25) is 0 Å². The molecule has 0 unspecified atom stereocenters. The van der Waals surface area contributed by atoms with Crippen LogP contribution >= 0.6 is 0 Å². The van der Waals surface area contributed by atoms with Gasteiger partial charge in [-0.3, -0.25) is 4.68 Å². The summed E-state index contributed by atoms with van der Waals surface area (Å²) in [4.78, 5) is 1.69. The van der Waals surface area contributed by atoms with E-state index in [0.29, 0.717) is 0 Å². The monoisotopic (exact) mass is 235 g/mol. The number of aromatic nitrogens is 2. The second kappa shape index (κ2) is 4.45. The van der Waals surface area contributed by atoms with Gasteiger partial charge >= 0.3 is 6.18 Å². The highest BCUT2D eigenvalue weighted by molar-refractivity contribution is 5.20. The van der Waals surface area contributed by atoms with Crippen LogP contribution in [0.25, 0.3) is 0 Å². The Bertz CT molecular complexity index is 353. The van der Waals surface area contributed by atoms with Crippen molar-refractivity contribution in [2.45, 2.75) is 32.6 Å². The van der Waals surface area contributed by atoms with E-state index in [1.165, 1.54) is 10.9 Å². The number of alkyl halides is 3. The third kappa shape index (κ3) is 2.98. The molecule has 0 bridgehead atoms. The Hall–Kier alpha value is -1.04. The normalized spacial score (nSPS) is 12.8. The molecule has 6 heteroatoms. The van der Waals surface area contributed by atoms with E-state index in [0.717, 1.165) is 0 Å². The van der Waals surface area contributed by atoms with E-state index >= 15 is 0 Å². The van der Waals surface area contributed by atoms with Crippen molar-refractivity contribution in [1.29, 1.82) is 0 Å². The van der Waals surface area contributed by atoms with Crippen molar-refractivity contribution >= 4 is 0 Å². The number of halogens is 3. The summed E-state index contributed by atoms with van der Waals surface area (Å²) in [7, 11) is 3.46. The van der Waals surface area contributed by atoms with Gasteiger partial charge in [0, 0.05) is 24.3 Å². The molecule has 1 rings (SSSR count). The van der Waals surface area contributed by atoms with Gasteiger partial charge in [-0.05, 0) is 27.9 Å². The minimum atomic E-state index is -4.38. The largest absolute Gasteiger partial charge is 0.435 e. The lowest BCUT2D eigenvalue weighted by molar-refractivity contribution is -0.142. The van der Waals surface area contributed by atoms with Gasteiger partial charge in [0.2, 0.25) is 0 Å². The molecule has 1 heterocycles. The predicted octanol–water partition coefficient (Wildman–Crippen LogP) is 2.54. The summed E-state index contributed by atoms with van der Waals surface area (Å²) in [5.74, 6) is 0. The zero-order valence-electron chi connectivity index (χ0n) is 9.84. The van der Waals surface area contributed by atoms with Gasteiger partial charge in [0.25, 0.3) is 0 Å². The van der Waals surface area contributed by atoms with Crippen LogP contribution in [0.5, 0.6) is 0 Å². The van der Waals surface area contributed by atoms with Crippen molar-refractivity contribution in [3.63, 3.8) is 0 Å². The van der Waals surface area contributed by atoms with Gasteiger partial charge in [0.05, 0.1) is 0 Å². The number of hydrogen-bond donors (Lipinski definition) is 0. The van der Waals surface area contributed by atoms with Gasteiger partial charge in [-0.25, -0.2) is 0 Å². The molecule has 0 saturated carbocycles. The van der Waals surface area contributed by atoms with Gasteiger partial charge in [0.15, 0.2) is 5.69 Å². The lowest BCUT2D eigenvalue weighted by Crippen LogP contribution is -2.15. The molecule has 1 aromatic heterocycles. The Morgan fingerprint density at radius 1 is 1.38 bits per heavy atom. The summed E-state index contributed by atoms with van der Waals surface area (Å²) in [6.07, 6.45) is -2.92. The summed E-state index contributed by atoms with van der Waals surface area (Å²) >= 11 is 0. The summed E-state index contributed by atoms with van der Waals surface area (Å²) < 4.78 is 39.4. The number of rotatable bonds is 3. The van der Waals surface area contributed by atoms with Gasteiger partial charge in [0.1, 0.15) is 0 Å². The van der Waals surface area contributed by atoms with Crippen LogP contribution in [0.1, 0.15) is 31.1 Å². The maximum absolute atomic E-state index is 12.7. The summed E-state index contributed by atoms with van der Waals surface area (Å²) in [5, 5.41) is 3.60. The van der Waals surface area contributed by atoms with Crippen molar-refractivity contribution in [3.8, 4) is 0 Å². The molecule has 0 amide bonds. The minimum absolute atomic E-state index is 0.0722. The highest BCUT2D eigenvalue weighted by atomic mass is 19.4. The molecule has 0 aliphatic heterocycles. The summed E-state index contributed by atoms with van der Waals surface area (Å²) in [6.45, 7) is 3.83. The number of nitrogens with zero attached hydrogens (tertiary/aromatic N) is 3. The van der Waals surface area contributed by atoms with Crippen molar-refractivity contribution in [2.75, 3.05) is 14.1 Å². The molecular formula is C10H16F3N3. The summed E-state index contributed by atoms with van der Waals surface area (Å²) in [5.41, 5.74) is -0.568. The summed E-state index contributed by atoms with van der Waals surface area (Å²) in [6, 6.07) is -0.0722. The molecule has 0 aliphatic rings. The van der Waals surface area contributed by atoms with Crippen LogP contribution in [-0.4, -0.2) is 28.8 Å². The molecule has 0 saturated heterocycles. The lowest BCUT2D eigenvalue weighted by atomic mass is 10.2. The average Bonchev–Trinajstić information content (AvgIpc) is 2.45. The third-order valence-electron chi connectivity index (χ3n) is 2.09. The van der Waals surface area contributed by atoms with Crippen LogP contribution in [0, 0.1) is 0 Å².